The van der Waals surface area contributed by atoms with Gasteiger partial charge in [-0.25, -0.2) is 19.3 Å². The number of pyridine rings is 1. The monoisotopic (exact) mass is 670 g/mol. The lowest BCUT2D eigenvalue weighted by Crippen LogP contribution is -3.00. The third-order valence-corrected chi connectivity index (χ3v) is 7.40. The molecule has 2 N–H and O–H groups in total. The number of rotatable bonds is 6. The number of nitrogens with zero attached hydrogens (tertiary/aromatic N) is 5. The van der Waals surface area contributed by atoms with Gasteiger partial charge in [-0.05, 0) is 54.4 Å². The van der Waals surface area contributed by atoms with E-state index in [2.05, 4.69) is 16.3 Å². The molecule has 44 heavy (non-hydrogen) atoms. The highest BCUT2D eigenvalue weighted by Gasteiger charge is 2.41. The molecule has 1 unspecified atom stereocenters. The van der Waals surface area contributed by atoms with Crippen molar-refractivity contribution in [2.75, 3.05) is 12.0 Å². The first-order valence-electron chi connectivity index (χ1n) is 13.1. The van der Waals surface area contributed by atoms with E-state index in [9.17, 15) is 33.1 Å². The van der Waals surface area contributed by atoms with Gasteiger partial charge in [0.2, 0.25) is 12.1 Å². The Bertz CT molecular complexity index is 1880. The molecule has 5 rings (SSSR count). The highest BCUT2D eigenvalue weighted by molar-refractivity contribution is 5.93. The first-order valence-corrected chi connectivity index (χ1v) is 13.1. The van der Waals surface area contributed by atoms with Crippen LogP contribution in [0.3, 0.4) is 0 Å². The van der Waals surface area contributed by atoms with Gasteiger partial charge in [0.1, 0.15) is 6.04 Å². The number of fused-ring (bicyclic) bond motifs is 1. The number of carbonyl (C=O) groups is 1. The molecule has 4 aromatic rings. The molecule has 1 atom stereocenters. The molecule has 0 aliphatic carbocycles. The number of nitriles is 1. The number of allylic oxidation sites excluding steroid dienone is 1. The average molecular weight is 671 g/mol. The Morgan fingerprint density at radius 1 is 1.18 bits per heavy atom. The number of hydrogen-bond acceptors (Lipinski definition) is 7. The van der Waals surface area contributed by atoms with Crippen LogP contribution in [0.4, 0.5) is 24.8 Å². The number of esters is 1. The van der Waals surface area contributed by atoms with E-state index in [1.165, 1.54) is 35.6 Å². The van der Waals surface area contributed by atoms with E-state index >= 15 is 0 Å². The maximum Gasteiger partial charge on any atom is 0.416 e. The molecule has 10 nitrogen and oxygen atoms in total. The SMILES string of the molecule is COC(=O)C1=C(C)N(c2cccc(C(F)(F)F)c2)c2n[nH]c(=O)n2C1c1ccc(C#N)cc1CC[n+]1cc(O)ccc1C.[Br-]. The van der Waals surface area contributed by atoms with E-state index in [0.717, 1.165) is 17.8 Å². The second-order valence-corrected chi connectivity index (χ2v) is 9.97. The second kappa shape index (κ2) is 12.4. The molecule has 0 bridgehead atoms. The van der Waals surface area contributed by atoms with Crippen LogP contribution in [-0.2, 0) is 28.7 Å². The van der Waals surface area contributed by atoms with Gasteiger partial charge in [0.25, 0.3) is 0 Å². The summed E-state index contributed by atoms with van der Waals surface area (Å²) < 4.78 is 48.9. The summed E-state index contributed by atoms with van der Waals surface area (Å²) >= 11 is 0. The lowest BCUT2D eigenvalue weighted by molar-refractivity contribution is -0.702. The molecule has 2 aromatic heterocycles. The summed E-state index contributed by atoms with van der Waals surface area (Å²) in [5.74, 6) is -0.764. The number of aryl methyl sites for hydroxylation is 3. The van der Waals surface area contributed by atoms with Crippen LogP contribution in [0, 0.1) is 18.3 Å². The number of alkyl halides is 3. The first-order chi connectivity index (χ1) is 20.4. The standard InChI is InChI=1S/C30H25F3N6O4.BrH/c1-17-7-9-23(40)16-37(17)12-11-20-13-19(15-34)8-10-24(20)26-25(27(41)43-3)18(2)38(28-35-36-29(42)39(26)28)22-6-4-5-21(14-22)30(31,32)33;/h4-10,13-14,16,26H,11-12H2,1-3H3,(H-,36,40,42);1H. The molecule has 0 fully saturated rings. The number of nitrogens with one attached hydrogen (secondary N) is 1. The van der Waals surface area contributed by atoms with Crippen molar-refractivity contribution < 1.29 is 49.4 Å². The van der Waals surface area contributed by atoms with Crippen molar-refractivity contribution in [3.63, 3.8) is 0 Å². The minimum absolute atomic E-state index is 0. The quantitative estimate of drug-likeness (QED) is 0.233. The van der Waals surface area contributed by atoms with Crippen LogP contribution in [0.2, 0.25) is 0 Å². The molecule has 14 heteroatoms. The van der Waals surface area contributed by atoms with Gasteiger partial charge < -0.3 is 26.8 Å². The zero-order chi connectivity index (χ0) is 31.1. The number of benzene rings is 2. The van der Waals surface area contributed by atoms with Crippen molar-refractivity contribution in [1.29, 1.82) is 5.26 Å². The number of aromatic hydroxyl groups is 1. The van der Waals surface area contributed by atoms with Gasteiger partial charge >= 0.3 is 17.8 Å². The number of hydrogen-bond donors (Lipinski definition) is 2. The normalized spacial score (nSPS) is 14.5. The number of aromatic nitrogens is 4. The summed E-state index contributed by atoms with van der Waals surface area (Å²) in [7, 11) is 1.17. The number of H-pyrrole nitrogens is 1. The van der Waals surface area contributed by atoms with Gasteiger partial charge in [-0.3, -0.25) is 4.90 Å². The third-order valence-electron chi connectivity index (χ3n) is 7.40. The summed E-state index contributed by atoms with van der Waals surface area (Å²) in [6, 6.07) is 13.6. The van der Waals surface area contributed by atoms with Crippen LogP contribution < -0.4 is 32.1 Å². The van der Waals surface area contributed by atoms with Gasteiger partial charge in [0.05, 0.1) is 29.9 Å². The van der Waals surface area contributed by atoms with Crippen LogP contribution in [0.1, 0.15) is 40.9 Å². The van der Waals surface area contributed by atoms with Gasteiger partial charge in [0.15, 0.2) is 18.0 Å². The molecular formula is C30H26BrF3N6O4. The van der Waals surface area contributed by atoms with Gasteiger partial charge in [0, 0.05) is 30.8 Å². The maximum atomic E-state index is 13.6. The fraction of sp³-hybridized carbons (Fsp3) is 0.233. The fourth-order valence-electron chi connectivity index (χ4n) is 5.33. The van der Waals surface area contributed by atoms with Crippen molar-refractivity contribution in [2.45, 2.75) is 39.0 Å². The third kappa shape index (κ3) is 5.83. The summed E-state index contributed by atoms with van der Waals surface area (Å²) in [4.78, 5) is 28.0. The molecule has 2 aromatic carbocycles. The minimum atomic E-state index is -4.63. The summed E-state index contributed by atoms with van der Waals surface area (Å²) in [6.45, 7) is 3.79. The highest BCUT2D eigenvalue weighted by atomic mass is 79.9. The topological polar surface area (TPSA) is 128 Å². The zero-order valence-electron chi connectivity index (χ0n) is 23.7. The minimum Gasteiger partial charge on any atom is -1.00 e. The number of methoxy groups -OCH3 is 1. The van der Waals surface area contributed by atoms with Crippen molar-refractivity contribution >= 4 is 17.6 Å². The molecule has 1 aliphatic heterocycles. The second-order valence-electron chi connectivity index (χ2n) is 9.97. The van der Waals surface area contributed by atoms with Crippen LogP contribution >= 0.6 is 0 Å². The van der Waals surface area contributed by atoms with Crippen molar-refractivity contribution in [2.24, 2.45) is 0 Å². The Morgan fingerprint density at radius 3 is 2.61 bits per heavy atom. The first kappa shape index (κ1) is 32.0. The Labute approximate surface area is 260 Å². The molecule has 1 aliphatic rings. The molecule has 0 spiro atoms. The number of halogens is 4. The lowest BCUT2D eigenvalue weighted by Gasteiger charge is -2.36. The predicted molar refractivity (Wildman–Crippen MR) is 147 cm³/mol. The summed E-state index contributed by atoms with van der Waals surface area (Å²) in [6.07, 6.45) is -2.73. The number of anilines is 2. The number of aromatic amines is 1. The van der Waals surface area contributed by atoms with Crippen LogP contribution in [0.5, 0.6) is 5.75 Å². The van der Waals surface area contributed by atoms with E-state index in [0.29, 0.717) is 29.7 Å². The van der Waals surface area contributed by atoms with Gasteiger partial charge in [-0.2, -0.15) is 23.0 Å². The Hall–Kier alpha value is -4.90. The van der Waals surface area contributed by atoms with E-state index in [1.807, 2.05) is 11.5 Å². The summed E-state index contributed by atoms with van der Waals surface area (Å²) in [5.41, 5.74) is 0.938. The lowest BCUT2D eigenvalue weighted by atomic mass is 9.89. The van der Waals surface area contributed by atoms with Crippen molar-refractivity contribution in [1.82, 2.24) is 14.8 Å². The smallest absolute Gasteiger partial charge is 0.416 e. The summed E-state index contributed by atoms with van der Waals surface area (Å²) in [5, 5.41) is 26.1. The van der Waals surface area contributed by atoms with Crippen LogP contribution in [0.25, 0.3) is 0 Å². The Kier molecular flexibility index (Phi) is 9.01. The van der Waals surface area contributed by atoms with Crippen molar-refractivity contribution in [3.8, 4) is 11.8 Å². The molecule has 0 radical (unpaired) electrons. The zero-order valence-corrected chi connectivity index (χ0v) is 25.3. The van der Waals surface area contributed by atoms with E-state index in [-0.39, 0.29) is 45.6 Å². The molecule has 0 saturated heterocycles. The number of ether oxygens (including phenoxy) is 1. The van der Waals surface area contributed by atoms with Crippen LogP contribution in [0.15, 0.2) is 76.9 Å². The van der Waals surface area contributed by atoms with Gasteiger partial charge in [-0.1, -0.05) is 12.1 Å². The largest absolute Gasteiger partial charge is 1.00 e. The molecule has 3 heterocycles. The van der Waals surface area contributed by atoms with E-state index in [1.54, 1.807) is 36.5 Å². The van der Waals surface area contributed by atoms with E-state index < -0.39 is 29.4 Å². The maximum absolute atomic E-state index is 13.6. The molecular weight excluding hydrogens is 645 g/mol. The van der Waals surface area contributed by atoms with Crippen LogP contribution in [-0.4, -0.2) is 33.0 Å². The predicted octanol–water partition coefficient (Wildman–Crippen LogP) is 1.20. The molecule has 0 amide bonds. The van der Waals surface area contributed by atoms with Gasteiger partial charge in [-0.15, -0.1) is 5.10 Å². The Morgan fingerprint density at radius 2 is 1.93 bits per heavy atom. The molecule has 0 saturated carbocycles. The van der Waals surface area contributed by atoms with E-state index in [4.69, 9.17) is 4.74 Å². The van der Waals surface area contributed by atoms with Crippen molar-refractivity contribution in [3.05, 3.63) is 110 Å². The molecule has 228 valence electrons. The Balaban J connectivity index is 0.00000442. The number of carbonyl (C=O) groups excluding carboxylic acids is 1. The highest BCUT2D eigenvalue weighted by Crippen LogP contribution is 2.43. The fourth-order valence-corrected chi connectivity index (χ4v) is 5.33. The average Bonchev–Trinajstić information content (AvgIpc) is 3.36.